The zero-order valence-electron chi connectivity index (χ0n) is 22.8. The molecule has 0 saturated heterocycles. The quantitative estimate of drug-likeness (QED) is 0.210. The lowest BCUT2D eigenvalue weighted by Gasteiger charge is -2.21. The molecule has 3 rings (SSSR count). The predicted octanol–water partition coefficient (Wildman–Crippen LogP) is 4.16. The summed E-state index contributed by atoms with van der Waals surface area (Å²) in [6.45, 7) is 8.62. The van der Waals surface area contributed by atoms with Gasteiger partial charge in [0.2, 0.25) is 0 Å². The van der Waals surface area contributed by atoms with Crippen molar-refractivity contribution >= 4 is 34.9 Å². The molecule has 0 aliphatic rings. The van der Waals surface area contributed by atoms with Crippen LogP contribution in [0.15, 0.2) is 56.0 Å². The van der Waals surface area contributed by atoms with Crippen LogP contribution in [0, 0.1) is 5.82 Å². The van der Waals surface area contributed by atoms with Crippen molar-refractivity contribution in [3.05, 3.63) is 84.6 Å². The fraction of sp³-hybridized carbons (Fsp3) is 0.333. The first-order valence-corrected chi connectivity index (χ1v) is 13.0. The van der Waals surface area contributed by atoms with Crippen LogP contribution in [-0.4, -0.2) is 47.2 Å². The van der Waals surface area contributed by atoms with Crippen molar-refractivity contribution in [1.29, 1.82) is 0 Å². The van der Waals surface area contributed by atoms with E-state index < -0.39 is 23.0 Å². The van der Waals surface area contributed by atoms with Gasteiger partial charge in [-0.1, -0.05) is 5.16 Å². The standard InChI is InChI=1S/C27H31FN4O6S/c1-16(2)37-24(21-12-20(28)8-9-23(21)36-7)14-31-13-22(18(5)29-38-17(3)4)26(34)32(27(31)35)30(6)25(33)19-10-11-39-15-19/h8-17H,1-7H3/b24-14-,29-18+. The third-order valence-corrected chi connectivity index (χ3v) is 5.97. The molecule has 39 heavy (non-hydrogen) atoms. The first kappa shape index (κ1) is 29.4. The van der Waals surface area contributed by atoms with Gasteiger partial charge in [-0.2, -0.15) is 16.0 Å². The van der Waals surface area contributed by atoms with Crippen molar-refractivity contribution in [2.24, 2.45) is 5.16 Å². The lowest BCUT2D eigenvalue weighted by atomic mass is 10.1. The summed E-state index contributed by atoms with van der Waals surface area (Å²) in [4.78, 5) is 45.6. The number of methoxy groups -OCH3 is 1. The van der Waals surface area contributed by atoms with E-state index in [0.717, 1.165) is 9.58 Å². The van der Waals surface area contributed by atoms with Crippen LogP contribution in [0.5, 0.6) is 5.75 Å². The molecular formula is C27H31FN4O6S. The molecule has 0 aliphatic carbocycles. The van der Waals surface area contributed by atoms with Gasteiger partial charge in [0.15, 0.2) is 0 Å². The average Bonchev–Trinajstić information content (AvgIpc) is 3.42. The molecule has 1 aromatic carbocycles. The SMILES string of the molecule is COc1ccc(F)cc1/C(=C/n1cc(/C(C)=N/OC(C)C)c(=O)n(N(C)C(=O)c2ccsc2)c1=O)OC(C)C. The second-order valence-electron chi connectivity index (χ2n) is 9.03. The number of nitrogens with zero attached hydrogens (tertiary/aromatic N) is 4. The predicted molar refractivity (Wildman–Crippen MR) is 150 cm³/mol. The van der Waals surface area contributed by atoms with Crippen molar-refractivity contribution in [2.45, 2.75) is 46.8 Å². The number of benzene rings is 1. The zero-order chi connectivity index (χ0) is 28.9. The molecule has 0 fully saturated rings. The monoisotopic (exact) mass is 558 g/mol. The van der Waals surface area contributed by atoms with Gasteiger partial charge in [0, 0.05) is 18.6 Å². The van der Waals surface area contributed by atoms with Crippen molar-refractivity contribution in [3.63, 3.8) is 0 Å². The Morgan fingerprint density at radius 3 is 2.44 bits per heavy atom. The summed E-state index contributed by atoms with van der Waals surface area (Å²) in [5, 5.41) is 8.27. The van der Waals surface area contributed by atoms with Gasteiger partial charge in [-0.15, -0.1) is 0 Å². The van der Waals surface area contributed by atoms with Crippen molar-refractivity contribution in [2.75, 3.05) is 19.2 Å². The van der Waals surface area contributed by atoms with Gasteiger partial charge >= 0.3 is 5.69 Å². The van der Waals surface area contributed by atoms with Gasteiger partial charge in [-0.25, -0.2) is 14.2 Å². The fourth-order valence-corrected chi connectivity index (χ4v) is 4.11. The first-order chi connectivity index (χ1) is 18.4. The number of ether oxygens (including phenoxy) is 2. The molecule has 3 aromatic rings. The number of hydrogen-bond acceptors (Lipinski definition) is 8. The van der Waals surface area contributed by atoms with Crippen molar-refractivity contribution < 1.29 is 23.5 Å². The highest BCUT2D eigenvalue weighted by atomic mass is 32.1. The highest BCUT2D eigenvalue weighted by molar-refractivity contribution is 7.08. The minimum Gasteiger partial charge on any atom is -0.496 e. The van der Waals surface area contributed by atoms with E-state index >= 15 is 0 Å². The lowest BCUT2D eigenvalue weighted by Crippen LogP contribution is -2.53. The molecule has 10 nitrogen and oxygen atoms in total. The van der Waals surface area contributed by atoms with Crippen molar-refractivity contribution in [1.82, 2.24) is 9.24 Å². The second kappa shape index (κ2) is 12.6. The van der Waals surface area contributed by atoms with Crippen LogP contribution in [0.1, 0.15) is 56.1 Å². The number of carbonyl (C=O) groups excluding carboxylic acids is 1. The van der Waals surface area contributed by atoms with Gasteiger partial charge in [-0.3, -0.25) is 14.2 Å². The van der Waals surface area contributed by atoms with Crippen LogP contribution < -0.4 is 21.0 Å². The van der Waals surface area contributed by atoms with Crippen LogP contribution in [0.2, 0.25) is 0 Å². The Kier molecular flexibility index (Phi) is 9.47. The Balaban J connectivity index is 2.33. The number of hydrogen-bond donors (Lipinski definition) is 0. The number of halogens is 1. The maximum atomic E-state index is 14.2. The summed E-state index contributed by atoms with van der Waals surface area (Å²) in [6, 6.07) is 5.47. The number of rotatable bonds is 10. The Morgan fingerprint density at radius 1 is 1.13 bits per heavy atom. The number of amides is 1. The summed E-state index contributed by atoms with van der Waals surface area (Å²) in [7, 11) is 2.74. The maximum absolute atomic E-state index is 14.2. The van der Waals surface area contributed by atoms with E-state index in [1.807, 2.05) is 0 Å². The molecule has 0 spiro atoms. The molecule has 0 atom stereocenters. The molecule has 0 N–H and O–H groups in total. The van der Waals surface area contributed by atoms with Crippen LogP contribution in [-0.2, 0) is 9.57 Å². The van der Waals surface area contributed by atoms with Gasteiger partial charge in [0.1, 0.15) is 23.4 Å². The summed E-state index contributed by atoms with van der Waals surface area (Å²) < 4.78 is 27.3. The van der Waals surface area contributed by atoms with E-state index in [1.165, 1.54) is 56.1 Å². The largest absolute Gasteiger partial charge is 0.496 e. The normalized spacial score (nSPS) is 12.2. The van der Waals surface area contributed by atoms with Crippen LogP contribution >= 0.6 is 11.3 Å². The second-order valence-corrected chi connectivity index (χ2v) is 9.81. The Labute approximate surface area is 229 Å². The number of oxime groups is 1. The van der Waals surface area contributed by atoms with Crippen LogP contribution in [0.4, 0.5) is 4.39 Å². The van der Waals surface area contributed by atoms with Gasteiger partial charge in [0.05, 0.1) is 41.8 Å². The summed E-state index contributed by atoms with van der Waals surface area (Å²) >= 11 is 1.30. The smallest absolute Gasteiger partial charge is 0.354 e. The molecule has 208 valence electrons. The van der Waals surface area contributed by atoms with E-state index in [2.05, 4.69) is 5.16 Å². The minimum absolute atomic E-state index is 0.00780. The highest BCUT2D eigenvalue weighted by Gasteiger charge is 2.23. The van der Waals surface area contributed by atoms with E-state index in [9.17, 15) is 18.8 Å². The minimum atomic E-state index is -0.868. The van der Waals surface area contributed by atoms with Gasteiger partial charge < -0.3 is 14.3 Å². The summed E-state index contributed by atoms with van der Waals surface area (Å²) in [5.41, 5.74) is -0.925. The number of thiophene rings is 1. The highest BCUT2D eigenvalue weighted by Crippen LogP contribution is 2.29. The topological polar surface area (TPSA) is 104 Å². The van der Waals surface area contributed by atoms with E-state index in [0.29, 0.717) is 16.0 Å². The van der Waals surface area contributed by atoms with Crippen molar-refractivity contribution in [3.8, 4) is 5.75 Å². The maximum Gasteiger partial charge on any atom is 0.354 e. The molecular weight excluding hydrogens is 527 g/mol. The zero-order valence-corrected chi connectivity index (χ0v) is 23.6. The summed E-state index contributed by atoms with van der Waals surface area (Å²) in [6.07, 6.45) is 1.94. The molecule has 0 bridgehead atoms. The molecule has 0 unspecified atom stereocenters. The van der Waals surface area contributed by atoms with Gasteiger partial charge in [-0.05, 0) is 64.3 Å². The molecule has 0 aliphatic heterocycles. The third-order valence-electron chi connectivity index (χ3n) is 5.29. The third kappa shape index (κ3) is 6.82. The fourth-order valence-electron chi connectivity index (χ4n) is 3.48. The molecule has 1 amide bonds. The van der Waals surface area contributed by atoms with E-state index in [-0.39, 0.29) is 34.8 Å². The Hall–Kier alpha value is -4.19. The molecule has 0 saturated carbocycles. The summed E-state index contributed by atoms with van der Waals surface area (Å²) in [5.74, 6) is -0.712. The number of aromatic nitrogens is 2. The average molecular weight is 559 g/mol. The molecule has 0 radical (unpaired) electrons. The molecule has 2 heterocycles. The molecule has 12 heteroatoms. The van der Waals surface area contributed by atoms with E-state index in [1.54, 1.807) is 51.4 Å². The van der Waals surface area contributed by atoms with Crippen LogP contribution in [0.3, 0.4) is 0 Å². The molecule has 2 aromatic heterocycles. The first-order valence-electron chi connectivity index (χ1n) is 12.1. The number of carbonyl (C=O) groups is 1. The van der Waals surface area contributed by atoms with E-state index in [4.69, 9.17) is 14.3 Å². The Morgan fingerprint density at radius 2 is 1.85 bits per heavy atom. The van der Waals surface area contributed by atoms with Crippen LogP contribution in [0.25, 0.3) is 12.0 Å². The van der Waals surface area contributed by atoms with Gasteiger partial charge in [0.25, 0.3) is 11.5 Å². The Bertz CT molecular complexity index is 1510. The lowest BCUT2D eigenvalue weighted by molar-refractivity contribution is 0.0860.